The van der Waals surface area contributed by atoms with Gasteiger partial charge in [0.1, 0.15) is 24.6 Å². The normalized spacial score (nSPS) is 13.7. The van der Waals surface area contributed by atoms with Crippen LogP contribution < -0.4 is 9.64 Å². The number of methoxy groups -OCH3 is 1. The molecule has 12 heteroatoms. The second-order valence-corrected chi connectivity index (χ2v) is 8.29. The van der Waals surface area contributed by atoms with Crippen molar-refractivity contribution in [1.82, 2.24) is 0 Å². The van der Waals surface area contributed by atoms with Gasteiger partial charge in [-0.25, -0.2) is 0 Å². The zero-order valence-electron chi connectivity index (χ0n) is 21.6. The molecular formula is C24H34N2O9S. The second kappa shape index (κ2) is 15.8. The van der Waals surface area contributed by atoms with E-state index in [0.717, 1.165) is 0 Å². The molecule has 1 amide bonds. The molecule has 0 heterocycles. The molecule has 0 bridgehead atoms. The second-order valence-electron chi connectivity index (χ2n) is 7.52. The number of aliphatic imine (C=N–C) groups is 1. The van der Waals surface area contributed by atoms with Crippen molar-refractivity contribution >= 4 is 46.4 Å². The maximum absolute atomic E-state index is 12.4. The Bertz CT molecular complexity index is 921. The van der Waals surface area contributed by atoms with E-state index in [2.05, 4.69) is 4.99 Å². The van der Waals surface area contributed by atoms with Crippen molar-refractivity contribution in [2.75, 3.05) is 38.0 Å². The molecule has 0 aliphatic heterocycles. The Balaban J connectivity index is 3.03. The minimum absolute atomic E-state index is 0.0366. The summed E-state index contributed by atoms with van der Waals surface area (Å²) in [5, 5.41) is 0.442. The molecule has 1 aromatic rings. The molecule has 1 aromatic carbocycles. The summed E-state index contributed by atoms with van der Waals surface area (Å²) in [6.07, 6.45) is -1.02. The largest absolute Gasteiger partial charge is 0.497 e. The van der Waals surface area contributed by atoms with Gasteiger partial charge in [-0.2, -0.15) is 0 Å². The number of amidine groups is 1. The fourth-order valence-electron chi connectivity index (χ4n) is 3.16. The van der Waals surface area contributed by atoms with Gasteiger partial charge < -0.3 is 23.7 Å². The number of anilines is 1. The average Bonchev–Trinajstić information content (AvgIpc) is 2.80. The molecule has 0 aromatic heterocycles. The maximum atomic E-state index is 12.4. The van der Waals surface area contributed by atoms with Gasteiger partial charge in [0, 0.05) is 27.7 Å². The number of thioether (sulfide) groups is 1. The summed E-state index contributed by atoms with van der Waals surface area (Å²) in [6.45, 7) is 6.59. The van der Waals surface area contributed by atoms with Gasteiger partial charge in [0.2, 0.25) is 5.91 Å². The molecule has 36 heavy (non-hydrogen) atoms. The quantitative estimate of drug-likeness (QED) is 0.132. The molecule has 11 nitrogen and oxygen atoms in total. The van der Waals surface area contributed by atoms with Crippen LogP contribution >= 0.6 is 11.8 Å². The van der Waals surface area contributed by atoms with E-state index in [9.17, 15) is 19.2 Å². The highest BCUT2D eigenvalue weighted by atomic mass is 32.2. The van der Waals surface area contributed by atoms with Crippen molar-refractivity contribution in [2.24, 2.45) is 4.99 Å². The molecule has 3 atom stereocenters. The van der Waals surface area contributed by atoms with Crippen LogP contribution in [0.3, 0.4) is 0 Å². The van der Waals surface area contributed by atoms with Gasteiger partial charge in [-0.05, 0) is 37.4 Å². The van der Waals surface area contributed by atoms with E-state index < -0.39 is 36.2 Å². The molecule has 200 valence electrons. The predicted octanol–water partition coefficient (Wildman–Crippen LogP) is 2.60. The van der Waals surface area contributed by atoms with Crippen LogP contribution in [0.25, 0.3) is 0 Å². The van der Waals surface area contributed by atoms with E-state index in [1.54, 1.807) is 44.6 Å². The molecule has 0 spiro atoms. The van der Waals surface area contributed by atoms with Crippen LogP contribution in [0.2, 0.25) is 0 Å². The number of hydrogen-bond donors (Lipinski definition) is 0. The third-order valence-corrected chi connectivity index (χ3v) is 5.30. The van der Waals surface area contributed by atoms with E-state index in [1.807, 2.05) is 0 Å². The number of esters is 3. The van der Waals surface area contributed by atoms with Crippen LogP contribution in [0.15, 0.2) is 29.3 Å². The van der Waals surface area contributed by atoms with E-state index in [4.69, 9.17) is 23.7 Å². The zero-order chi connectivity index (χ0) is 27.3. The van der Waals surface area contributed by atoms with Gasteiger partial charge in [0.25, 0.3) is 0 Å². The van der Waals surface area contributed by atoms with Crippen molar-refractivity contribution < 1.29 is 42.9 Å². The van der Waals surface area contributed by atoms with Crippen molar-refractivity contribution in [3.63, 3.8) is 0 Å². The molecule has 0 aliphatic carbocycles. The lowest BCUT2D eigenvalue weighted by Gasteiger charge is -2.30. The molecule has 0 saturated heterocycles. The number of ether oxygens (including phenoxy) is 5. The fourth-order valence-corrected chi connectivity index (χ4v) is 3.80. The Labute approximate surface area is 215 Å². The molecule has 0 saturated carbocycles. The number of hydrogen-bond acceptors (Lipinski definition) is 11. The standard InChI is InChI=1S/C24H34N2O9S/c1-15(34-18(4)29)23(35-19(5)30)22(14-33-17(3)28)32-13-12-25-24(36-7)26(16(2)27)20-8-10-21(31-6)11-9-20/h8-11,15,22-23H,12-14H2,1-7H3/t15-,22-,23+/m1/s1. The SMILES string of the molecule is COc1ccc(N(C(C)=O)C(=NCCO[C@H](COC(C)=O)[C@@H](OC(C)=O)[C@@H](C)OC(C)=O)SC)cc1. The highest BCUT2D eigenvalue weighted by Gasteiger charge is 2.33. The fraction of sp³-hybridized carbons (Fsp3) is 0.542. The van der Waals surface area contributed by atoms with Crippen LogP contribution in [0.1, 0.15) is 34.6 Å². The summed E-state index contributed by atoms with van der Waals surface area (Å²) >= 11 is 1.28. The molecule has 0 N–H and O–H groups in total. The van der Waals surface area contributed by atoms with Crippen molar-refractivity contribution in [3.8, 4) is 5.75 Å². The van der Waals surface area contributed by atoms with E-state index in [1.165, 1.54) is 44.4 Å². The maximum Gasteiger partial charge on any atom is 0.303 e. The minimum atomic E-state index is -1.03. The number of rotatable bonds is 12. The number of carbonyl (C=O) groups is 4. The lowest BCUT2D eigenvalue weighted by atomic mass is 10.1. The van der Waals surface area contributed by atoms with Gasteiger partial charge in [-0.1, -0.05) is 11.8 Å². The van der Waals surface area contributed by atoms with Crippen molar-refractivity contribution in [1.29, 1.82) is 0 Å². The average molecular weight is 527 g/mol. The van der Waals surface area contributed by atoms with Crippen LogP contribution in [0.5, 0.6) is 5.75 Å². The molecule has 0 aliphatic rings. The van der Waals surface area contributed by atoms with Gasteiger partial charge in [0.15, 0.2) is 11.3 Å². The van der Waals surface area contributed by atoms with E-state index in [-0.39, 0.29) is 25.7 Å². The highest BCUT2D eigenvalue weighted by molar-refractivity contribution is 8.13. The Kier molecular flexibility index (Phi) is 13.6. The van der Waals surface area contributed by atoms with Gasteiger partial charge in [-0.15, -0.1) is 0 Å². The van der Waals surface area contributed by atoms with Gasteiger partial charge >= 0.3 is 17.9 Å². The highest BCUT2D eigenvalue weighted by Crippen LogP contribution is 2.22. The topological polar surface area (TPSA) is 130 Å². The molecule has 0 fully saturated rings. The van der Waals surface area contributed by atoms with Crippen LogP contribution in [0, 0.1) is 0 Å². The first-order valence-electron chi connectivity index (χ1n) is 11.1. The minimum Gasteiger partial charge on any atom is -0.497 e. The summed E-state index contributed by atoms with van der Waals surface area (Å²) < 4.78 is 26.6. The van der Waals surface area contributed by atoms with E-state index in [0.29, 0.717) is 16.6 Å². The Morgan fingerprint density at radius 3 is 2.06 bits per heavy atom. The smallest absolute Gasteiger partial charge is 0.303 e. The number of amides is 1. The van der Waals surface area contributed by atoms with Crippen LogP contribution in [0.4, 0.5) is 5.69 Å². The number of nitrogens with zero attached hydrogens (tertiary/aromatic N) is 2. The Hall–Kier alpha value is -3.12. The first kappa shape index (κ1) is 30.9. The van der Waals surface area contributed by atoms with Gasteiger partial charge in [0.05, 0.1) is 25.9 Å². The summed E-state index contributed by atoms with van der Waals surface area (Å²) in [5.74, 6) is -1.31. The Morgan fingerprint density at radius 1 is 0.972 bits per heavy atom. The first-order chi connectivity index (χ1) is 17.0. The van der Waals surface area contributed by atoms with Gasteiger partial charge in [-0.3, -0.25) is 29.1 Å². The number of benzene rings is 1. The summed E-state index contributed by atoms with van der Waals surface area (Å²) in [7, 11) is 1.56. The van der Waals surface area contributed by atoms with Crippen LogP contribution in [-0.2, 0) is 38.1 Å². The lowest BCUT2D eigenvalue weighted by Crippen LogP contribution is -2.46. The predicted molar refractivity (Wildman–Crippen MR) is 135 cm³/mol. The van der Waals surface area contributed by atoms with E-state index >= 15 is 0 Å². The monoisotopic (exact) mass is 526 g/mol. The first-order valence-corrected chi connectivity index (χ1v) is 12.3. The molecule has 0 unspecified atom stereocenters. The summed E-state index contributed by atoms with van der Waals surface area (Å²) in [5.41, 5.74) is 0.621. The molecular weight excluding hydrogens is 492 g/mol. The zero-order valence-corrected chi connectivity index (χ0v) is 22.5. The number of carbonyl (C=O) groups excluding carboxylic acids is 4. The van der Waals surface area contributed by atoms with Crippen LogP contribution in [-0.4, -0.2) is 80.4 Å². The van der Waals surface area contributed by atoms with Crippen molar-refractivity contribution in [2.45, 2.75) is 52.9 Å². The molecule has 1 rings (SSSR count). The molecule has 0 radical (unpaired) electrons. The lowest BCUT2D eigenvalue weighted by molar-refractivity contribution is -0.182. The Morgan fingerprint density at radius 2 is 1.58 bits per heavy atom. The third kappa shape index (κ3) is 10.6. The summed E-state index contributed by atoms with van der Waals surface area (Å²) in [4.78, 5) is 52.8. The van der Waals surface area contributed by atoms with Crippen molar-refractivity contribution in [3.05, 3.63) is 24.3 Å². The summed E-state index contributed by atoms with van der Waals surface area (Å²) in [6, 6.07) is 6.98. The third-order valence-electron chi connectivity index (χ3n) is 4.62.